The number of amidine groups is 1. The van der Waals surface area contributed by atoms with Crippen molar-refractivity contribution in [3.8, 4) is 0 Å². The standard InChI is InChI=1S/C17H18FN3O2.ClH/c1-23-15(13-4-2-3-5-14(13)18)17(22)21-10-11-6-8-12(9-7-11)16(19)20;/h2-9,15H,10H2,1H3,(H3,19,20)(H,21,22);1H. The second kappa shape index (κ2) is 9.00. The van der Waals surface area contributed by atoms with Gasteiger partial charge in [0, 0.05) is 24.8 Å². The van der Waals surface area contributed by atoms with Gasteiger partial charge < -0.3 is 15.8 Å². The number of halogens is 2. The quantitative estimate of drug-likeness (QED) is 0.552. The summed E-state index contributed by atoms with van der Waals surface area (Å²) in [6, 6.07) is 12.9. The third-order valence-electron chi connectivity index (χ3n) is 3.39. The van der Waals surface area contributed by atoms with Gasteiger partial charge in [0.1, 0.15) is 11.7 Å². The second-order valence-corrected chi connectivity index (χ2v) is 4.97. The smallest absolute Gasteiger partial charge is 0.254 e. The third-order valence-corrected chi connectivity index (χ3v) is 3.39. The molecule has 0 aliphatic rings. The summed E-state index contributed by atoms with van der Waals surface area (Å²) in [6.45, 7) is 0.269. The lowest BCUT2D eigenvalue weighted by molar-refractivity contribution is -0.131. The Balaban J connectivity index is 0.00000288. The van der Waals surface area contributed by atoms with Crippen molar-refractivity contribution in [1.82, 2.24) is 5.32 Å². The van der Waals surface area contributed by atoms with E-state index in [0.29, 0.717) is 5.56 Å². The Hall–Kier alpha value is -2.44. The van der Waals surface area contributed by atoms with Gasteiger partial charge in [0.15, 0.2) is 6.10 Å². The van der Waals surface area contributed by atoms with E-state index in [2.05, 4.69) is 5.32 Å². The molecule has 128 valence electrons. The molecular formula is C17H19ClFN3O2. The second-order valence-electron chi connectivity index (χ2n) is 4.97. The average molecular weight is 352 g/mol. The summed E-state index contributed by atoms with van der Waals surface area (Å²) in [4.78, 5) is 12.2. The Bertz CT molecular complexity index is 707. The molecule has 1 unspecified atom stereocenters. The average Bonchev–Trinajstić information content (AvgIpc) is 2.55. The van der Waals surface area contributed by atoms with Crippen LogP contribution >= 0.6 is 12.4 Å². The van der Waals surface area contributed by atoms with Gasteiger partial charge in [0.25, 0.3) is 5.91 Å². The highest BCUT2D eigenvalue weighted by Gasteiger charge is 2.22. The molecule has 0 aromatic heterocycles. The molecule has 4 N–H and O–H groups in total. The van der Waals surface area contributed by atoms with E-state index in [1.54, 1.807) is 36.4 Å². The number of benzene rings is 2. The molecular weight excluding hydrogens is 333 g/mol. The number of ether oxygens (including phenoxy) is 1. The van der Waals surface area contributed by atoms with Crippen molar-refractivity contribution in [2.24, 2.45) is 5.73 Å². The zero-order valence-corrected chi connectivity index (χ0v) is 13.9. The van der Waals surface area contributed by atoms with Gasteiger partial charge in [0.2, 0.25) is 0 Å². The van der Waals surface area contributed by atoms with Gasteiger partial charge >= 0.3 is 0 Å². The van der Waals surface area contributed by atoms with Crippen LogP contribution in [0.2, 0.25) is 0 Å². The highest BCUT2D eigenvalue weighted by molar-refractivity contribution is 5.94. The van der Waals surface area contributed by atoms with Gasteiger partial charge in [-0.05, 0) is 11.6 Å². The van der Waals surface area contributed by atoms with Crippen LogP contribution < -0.4 is 11.1 Å². The Morgan fingerprint density at radius 3 is 2.42 bits per heavy atom. The summed E-state index contributed by atoms with van der Waals surface area (Å²) in [6.07, 6.45) is -1.01. The third kappa shape index (κ3) is 4.78. The molecule has 7 heteroatoms. The Morgan fingerprint density at radius 2 is 1.88 bits per heavy atom. The first-order valence-corrected chi connectivity index (χ1v) is 7.01. The molecule has 0 fully saturated rings. The molecule has 0 aliphatic heterocycles. The van der Waals surface area contributed by atoms with Crippen molar-refractivity contribution in [2.45, 2.75) is 12.6 Å². The van der Waals surface area contributed by atoms with Gasteiger partial charge in [-0.15, -0.1) is 12.4 Å². The number of carbonyl (C=O) groups is 1. The van der Waals surface area contributed by atoms with E-state index >= 15 is 0 Å². The molecule has 5 nitrogen and oxygen atoms in total. The fourth-order valence-corrected chi connectivity index (χ4v) is 2.15. The summed E-state index contributed by atoms with van der Waals surface area (Å²) >= 11 is 0. The number of nitrogens with one attached hydrogen (secondary N) is 2. The zero-order valence-electron chi connectivity index (χ0n) is 13.1. The molecule has 2 aromatic carbocycles. The van der Waals surface area contributed by atoms with Gasteiger partial charge in [0.05, 0.1) is 0 Å². The molecule has 2 rings (SSSR count). The van der Waals surface area contributed by atoms with E-state index < -0.39 is 17.8 Å². The Labute approximate surface area is 145 Å². The summed E-state index contributed by atoms with van der Waals surface area (Å²) < 4.78 is 18.9. The summed E-state index contributed by atoms with van der Waals surface area (Å²) in [5.74, 6) is -0.923. The number of carbonyl (C=O) groups excluding carboxylic acids is 1. The molecule has 1 atom stereocenters. The molecule has 24 heavy (non-hydrogen) atoms. The number of nitrogen functional groups attached to an aromatic ring is 1. The monoisotopic (exact) mass is 351 g/mol. The highest BCUT2D eigenvalue weighted by atomic mass is 35.5. The van der Waals surface area contributed by atoms with Crippen LogP contribution in [0.25, 0.3) is 0 Å². The van der Waals surface area contributed by atoms with Crippen molar-refractivity contribution in [3.63, 3.8) is 0 Å². The molecule has 0 aliphatic carbocycles. The number of methoxy groups -OCH3 is 1. The zero-order chi connectivity index (χ0) is 16.8. The van der Waals surface area contributed by atoms with Crippen molar-refractivity contribution < 1.29 is 13.9 Å². The lowest BCUT2D eigenvalue weighted by Gasteiger charge is -2.16. The number of nitrogens with two attached hydrogens (primary N) is 1. The van der Waals surface area contributed by atoms with Crippen LogP contribution in [0.1, 0.15) is 22.8 Å². The molecule has 0 saturated heterocycles. The van der Waals surface area contributed by atoms with E-state index in [0.717, 1.165) is 5.56 Å². The van der Waals surface area contributed by atoms with Gasteiger partial charge in [-0.1, -0.05) is 42.5 Å². The van der Waals surface area contributed by atoms with Crippen LogP contribution in [0.15, 0.2) is 48.5 Å². The molecule has 0 spiro atoms. The van der Waals surface area contributed by atoms with Crippen molar-refractivity contribution >= 4 is 24.1 Å². The maximum absolute atomic E-state index is 13.8. The predicted octanol–water partition coefficient (Wildman–Crippen LogP) is 2.54. The van der Waals surface area contributed by atoms with Gasteiger partial charge in [-0.2, -0.15) is 0 Å². The molecule has 0 bridgehead atoms. The molecule has 0 radical (unpaired) electrons. The van der Waals surface area contributed by atoms with Crippen LogP contribution in [-0.4, -0.2) is 18.9 Å². The fraction of sp³-hybridized carbons (Fsp3) is 0.176. The summed E-state index contributed by atoms with van der Waals surface area (Å²) in [5, 5.41) is 10.0. The maximum Gasteiger partial charge on any atom is 0.254 e. The first-order chi connectivity index (χ1) is 11.0. The van der Waals surface area contributed by atoms with Crippen LogP contribution in [0.3, 0.4) is 0 Å². The largest absolute Gasteiger partial charge is 0.384 e. The predicted molar refractivity (Wildman–Crippen MR) is 92.7 cm³/mol. The van der Waals surface area contributed by atoms with Crippen molar-refractivity contribution in [2.75, 3.05) is 7.11 Å². The first kappa shape index (κ1) is 19.6. The van der Waals surface area contributed by atoms with Crippen LogP contribution in [0.5, 0.6) is 0 Å². The van der Waals surface area contributed by atoms with E-state index in [1.807, 2.05) is 0 Å². The number of hydrogen-bond acceptors (Lipinski definition) is 3. The SMILES string of the molecule is COC(C(=O)NCc1ccc(C(=N)N)cc1)c1ccccc1F.Cl. The van der Waals surface area contributed by atoms with E-state index in [9.17, 15) is 9.18 Å². The Morgan fingerprint density at radius 1 is 1.25 bits per heavy atom. The van der Waals surface area contributed by atoms with Gasteiger partial charge in [-0.3, -0.25) is 10.2 Å². The summed E-state index contributed by atoms with van der Waals surface area (Å²) in [7, 11) is 1.36. The number of rotatable bonds is 6. The summed E-state index contributed by atoms with van der Waals surface area (Å²) in [5.41, 5.74) is 7.03. The van der Waals surface area contributed by atoms with Gasteiger partial charge in [-0.25, -0.2) is 4.39 Å². The van der Waals surface area contributed by atoms with Crippen LogP contribution in [0, 0.1) is 11.2 Å². The van der Waals surface area contributed by atoms with E-state index in [1.165, 1.54) is 19.2 Å². The van der Waals surface area contributed by atoms with Crippen molar-refractivity contribution in [3.05, 3.63) is 71.0 Å². The molecule has 0 saturated carbocycles. The fourth-order valence-electron chi connectivity index (χ4n) is 2.15. The molecule has 1 amide bonds. The molecule has 0 heterocycles. The van der Waals surface area contributed by atoms with E-state index in [-0.39, 0.29) is 30.4 Å². The first-order valence-electron chi connectivity index (χ1n) is 7.01. The lowest BCUT2D eigenvalue weighted by Crippen LogP contribution is -2.30. The molecule has 2 aromatic rings. The minimum atomic E-state index is -1.01. The Kier molecular flexibility index (Phi) is 7.35. The topological polar surface area (TPSA) is 88.2 Å². The van der Waals surface area contributed by atoms with Crippen molar-refractivity contribution in [1.29, 1.82) is 5.41 Å². The highest BCUT2D eigenvalue weighted by Crippen LogP contribution is 2.20. The van der Waals surface area contributed by atoms with E-state index in [4.69, 9.17) is 15.9 Å². The van der Waals surface area contributed by atoms with Crippen LogP contribution in [-0.2, 0) is 16.1 Å². The lowest BCUT2D eigenvalue weighted by atomic mass is 10.1. The minimum absolute atomic E-state index is 0. The number of hydrogen-bond donors (Lipinski definition) is 3. The minimum Gasteiger partial charge on any atom is -0.384 e. The van der Waals surface area contributed by atoms with Crippen LogP contribution in [0.4, 0.5) is 4.39 Å². The number of amides is 1. The normalized spacial score (nSPS) is 11.2. The maximum atomic E-state index is 13.8.